The number of hydrogen-bond acceptors (Lipinski definition) is 6. The highest BCUT2D eigenvalue weighted by Gasteiger charge is 2.35. The molecule has 0 unspecified atom stereocenters. The predicted octanol–water partition coefficient (Wildman–Crippen LogP) is 2.24. The Morgan fingerprint density at radius 1 is 1.41 bits per heavy atom. The Hall–Kier alpha value is -2.15. The number of rotatable bonds is 4. The van der Waals surface area contributed by atoms with E-state index in [-0.39, 0.29) is 17.2 Å². The Morgan fingerprint density at radius 2 is 2.05 bits per heavy atom. The van der Waals surface area contributed by atoms with E-state index in [0.717, 1.165) is 32.0 Å². The van der Waals surface area contributed by atoms with Gasteiger partial charge in [0.25, 0.3) is 5.69 Å². The Bertz CT molecular complexity index is 579. The zero-order valence-electron chi connectivity index (χ0n) is 12.7. The van der Waals surface area contributed by atoms with E-state index >= 15 is 0 Å². The van der Waals surface area contributed by atoms with Gasteiger partial charge in [0.1, 0.15) is 16.9 Å². The normalized spacial score (nSPS) is 16.3. The summed E-state index contributed by atoms with van der Waals surface area (Å²) in [5.41, 5.74) is -0.993. The van der Waals surface area contributed by atoms with Crippen molar-refractivity contribution in [3.05, 3.63) is 33.9 Å². The molecule has 0 saturated carbocycles. The summed E-state index contributed by atoms with van der Waals surface area (Å²) in [6.07, 6.45) is 1.82. The number of phenolic OH excluding ortho intramolecular Hbond substituents is 1. The van der Waals surface area contributed by atoms with E-state index < -0.39 is 22.2 Å². The first-order chi connectivity index (χ1) is 10.3. The van der Waals surface area contributed by atoms with Crippen LogP contribution in [-0.4, -0.2) is 34.7 Å². The summed E-state index contributed by atoms with van der Waals surface area (Å²) < 4.78 is 5.55. The number of nitro groups is 1. The molecule has 1 aromatic carbocycles. The fourth-order valence-corrected chi connectivity index (χ4v) is 2.70. The van der Waals surface area contributed by atoms with Crippen molar-refractivity contribution >= 4 is 11.7 Å². The maximum absolute atomic E-state index is 12.2. The number of nitrogens with one attached hydrogen (secondary N) is 1. The van der Waals surface area contributed by atoms with E-state index in [2.05, 4.69) is 5.32 Å². The average Bonchev–Trinajstić information content (AvgIpc) is 2.47. The zero-order valence-corrected chi connectivity index (χ0v) is 12.7. The van der Waals surface area contributed by atoms with Crippen molar-refractivity contribution in [3.63, 3.8) is 0 Å². The van der Waals surface area contributed by atoms with Crippen LogP contribution >= 0.6 is 0 Å². The zero-order chi connectivity index (χ0) is 16.3. The second kappa shape index (κ2) is 6.31. The average molecular weight is 308 g/mol. The smallest absolute Gasteiger partial charge is 0.342 e. The SMILES string of the molecule is CC(C)(OC(=O)c1ccc([N+](=O)[O-])cc1O)C1CCNCC1. The molecule has 0 aliphatic carbocycles. The molecule has 0 atom stereocenters. The van der Waals surface area contributed by atoms with Gasteiger partial charge in [-0.1, -0.05) is 0 Å². The molecular weight excluding hydrogens is 288 g/mol. The molecule has 0 bridgehead atoms. The minimum atomic E-state index is -0.670. The third-order valence-electron chi connectivity index (χ3n) is 4.09. The Morgan fingerprint density at radius 3 is 2.59 bits per heavy atom. The van der Waals surface area contributed by atoms with Gasteiger partial charge in [0.15, 0.2) is 0 Å². The molecule has 7 heteroatoms. The quantitative estimate of drug-likeness (QED) is 0.502. The van der Waals surface area contributed by atoms with Crippen molar-refractivity contribution in [2.75, 3.05) is 13.1 Å². The molecule has 7 nitrogen and oxygen atoms in total. The molecular formula is C15H20N2O5. The monoisotopic (exact) mass is 308 g/mol. The van der Waals surface area contributed by atoms with Crippen molar-refractivity contribution < 1.29 is 19.6 Å². The molecule has 0 amide bonds. The van der Waals surface area contributed by atoms with Crippen LogP contribution in [0.5, 0.6) is 5.75 Å². The summed E-state index contributed by atoms with van der Waals surface area (Å²) in [4.78, 5) is 22.2. The maximum atomic E-state index is 12.2. The number of nitro benzene ring substituents is 1. The lowest BCUT2D eigenvalue weighted by Crippen LogP contribution is -2.42. The van der Waals surface area contributed by atoms with Crippen molar-refractivity contribution in [2.45, 2.75) is 32.3 Å². The summed E-state index contributed by atoms with van der Waals surface area (Å²) in [6, 6.07) is 3.34. The Labute approximate surface area is 128 Å². The first kappa shape index (κ1) is 16.2. The molecule has 22 heavy (non-hydrogen) atoms. The highest BCUT2D eigenvalue weighted by Crippen LogP contribution is 2.31. The number of carbonyl (C=O) groups is 1. The summed E-state index contributed by atoms with van der Waals surface area (Å²) in [5, 5.41) is 23.7. The minimum absolute atomic E-state index is 0.0624. The molecule has 2 rings (SSSR count). The first-order valence-electron chi connectivity index (χ1n) is 7.23. The van der Waals surface area contributed by atoms with Crippen LogP contribution < -0.4 is 5.32 Å². The van der Waals surface area contributed by atoms with Gasteiger partial charge in [-0.2, -0.15) is 0 Å². The van der Waals surface area contributed by atoms with Crippen LogP contribution in [-0.2, 0) is 4.74 Å². The van der Waals surface area contributed by atoms with Gasteiger partial charge in [-0.3, -0.25) is 10.1 Å². The van der Waals surface area contributed by atoms with Crippen LogP contribution in [0.4, 0.5) is 5.69 Å². The topological polar surface area (TPSA) is 102 Å². The van der Waals surface area contributed by atoms with E-state index in [1.54, 1.807) is 0 Å². The summed E-state index contributed by atoms with van der Waals surface area (Å²) in [5.74, 6) is -0.880. The highest BCUT2D eigenvalue weighted by atomic mass is 16.6. The van der Waals surface area contributed by atoms with Crippen molar-refractivity contribution in [1.82, 2.24) is 5.32 Å². The summed E-state index contributed by atoms with van der Waals surface area (Å²) in [7, 11) is 0. The van der Waals surface area contributed by atoms with E-state index in [0.29, 0.717) is 0 Å². The number of phenols is 1. The van der Waals surface area contributed by atoms with Gasteiger partial charge in [-0.05, 0) is 45.8 Å². The van der Waals surface area contributed by atoms with Crippen LogP contribution in [0.25, 0.3) is 0 Å². The fraction of sp³-hybridized carbons (Fsp3) is 0.533. The lowest BCUT2D eigenvalue weighted by atomic mass is 9.83. The van der Waals surface area contributed by atoms with Gasteiger partial charge in [0, 0.05) is 12.0 Å². The van der Waals surface area contributed by atoms with Gasteiger partial charge >= 0.3 is 5.97 Å². The second-order valence-corrected chi connectivity index (χ2v) is 5.98. The highest BCUT2D eigenvalue weighted by molar-refractivity contribution is 5.93. The number of hydrogen-bond donors (Lipinski definition) is 2. The molecule has 1 fully saturated rings. The summed E-state index contributed by atoms with van der Waals surface area (Å²) in [6.45, 7) is 5.47. The molecule has 1 aliphatic rings. The largest absolute Gasteiger partial charge is 0.507 e. The van der Waals surface area contributed by atoms with Gasteiger partial charge in [-0.25, -0.2) is 4.79 Å². The molecule has 1 aromatic rings. The van der Waals surface area contributed by atoms with E-state index in [1.807, 2.05) is 13.8 Å². The molecule has 1 aliphatic heterocycles. The van der Waals surface area contributed by atoms with Gasteiger partial charge < -0.3 is 15.2 Å². The van der Waals surface area contributed by atoms with Gasteiger partial charge in [0.05, 0.1) is 11.0 Å². The van der Waals surface area contributed by atoms with Crippen LogP contribution in [0.3, 0.4) is 0 Å². The van der Waals surface area contributed by atoms with Crippen molar-refractivity contribution in [2.24, 2.45) is 5.92 Å². The standard InChI is InChI=1S/C15H20N2O5/c1-15(2,10-5-7-16-8-6-10)22-14(19)12-4-3-11(17(20)21)9-13(12)18/h3-4,9-10,16,18H,5-8H2,1-2H3. The summed E-state index contributed by atoms with van der Waals surface area (Å²) >= 11 is 0. The Kier molecular flexibility index (Phi) is 4.65. The number of non-ortho nitro benzene ring substituents is 1. The third kappa shape index (κ3) is 3.54. The number of aromatic hydroxyl groups is 1. The molecule has 0 aromatic heterocycles. The first-order valence-corrected chi connectivity index (χ1v) is 7.23. The van der Waals surface area contributed by atoms with E-state index in [9.17, 15) is 20.0 Å². The number of nitrogens with zero attached hydrogens (tertiary/aromatic N) is 1. The lowest BCUT2D eigenvalue weighted by molar-refractivity contribution is -0.384. The second-order valence-electron chi connectivity index (χ2n) is 5.98. The molecule has 120 valence electrons. The molecule has 0 spiro atoms. The molecule has 1 saturated heterocycles. The molecule has 0 radical (unpaired) electrons. The number of esters is 1. The minimum Gasteiger partial charge on any atom is -0.507 e. The van der Waals surface area contributed by atoms with Gasteiger partial charge in [0.2, 0.25) is 0 Å². The maximum Gasteiger partial charge on any atom is 0.342 e. The van der Waals surface area contributed by atoms with Crippen molar-refractivity contribution in [3.8, 4) is 5.75 Å². The predicted molar refractivity (Wildman–Crippen MR) is 79.8 cm³/mol. The van der Waals surface area contributed by atoms with E-state index in [1.165, 1.54) is 12.1 Å². The van der Waals surface area contributed by atoms with Crippen LogP contribution in [0.2, 0.25) is 0 Å². The molecule has 1 heterocycles. The van der Waals surface area contributed by atoms with Crippen LogP contribution in [0, 0.1) is 16.0 Å². The van der Waals surface area contributed by atoms with Crippen LogP contribution in [0.15, 0.2) is 18.2 Å². The number of carbonyl (C=O) groups excluding carboxylic acids is 1. The van der Waals surface area contributed by atoms with Gasteiger partial charge in [-0.15, -0.1) is 0 Å². The number of ether oxygens (including phenoxy) is 1. The lowest BCUT2D eigenvalue weighted by Gasteiger charge is -2.36. The Balaban J connectivity index is 2.12. The molecule has 2 N–H and O–H groups in total. The third-order valence-corrected chi connectivity index (χ3v) is 4.09. The van der Waals surface area contributed by atoms with E-state index in [4.69, 9.17) is 4.74 Å². The van der Waals surface area contributed by atoms with Crippen LogP contribution in [0.1, 0.15) is 37.0 Å². The number of piperidine rings is 1. The fourth-order valence-electron chi connectivity index (χ4n) is 2.70. The number of benzene rings is 1. The van der Waals surface area contributed by atoms with Crippen molar-refractivity contribution in [1.29, 1.82) is 0 Å².